The number of morpholine rings is 1. The van der Waals surface area contributed by atoms with Crippen molar-refractivity contribution >= 4 is 17.5 Å². The van der Waals surface area contributed by atoms with E-state index in [-0.39, 0.29) is 5.92 Å². The molecule has 24 heavy (non-hydrogen) atoms. The topological polar surface area (TPSA) is 29.5 Å². The quantitative estimate of drug-likeness (QED) is 0.776. The average molecular weight is 348 g/mol. The first kappa shape index (κ1) is 16.4. The van der Waals surface area contributed by atoms with Gasteiger partial charge in [-0.3, -0.25) is 4.79 Å². The maximum atomic E-state index is 12.6. The lowest BCUT2D eigenvalue weighted by Crippen LogP contribution is -2.41. The predicted molar refractivity (Wildman–Crippen MR) is 95.5 cm³/mol. The lowest BCUT2D eigenvalue weighted by atomic mass is 9.83. The molecule has 3 fully saturated rings. The number of halogens is 1. The van der Waals surface area contributed by atoms with Crippen molar-refractivity contribution in [3.8, 4) is 0 Å². The van der Waals surface area contributed by atoms with Crippen LogP contribution in [-0.2, 0) is 9.53 Å². The Morgan fingerprint density at radius 3 is 2.46 bits per heavy atom. The van der Waals surface area contributed by atoms with E-state index in [1.807, 2.05) is 4.90 Å². The molecule has 4 atom stereocenters. The molecule has 4 rings (SSSR count). The molecule has 1 amide bonds. The number of ether oxygens (including phenoxy) is 1. The standard InChI is InChI=1S/C20H26ClNO2/c21-17-3-1-2-16(12-17)14-4-6-15(7-5-14)18-13-19(18)20(23)22-8-10-24-11-9-22/h4-7,16-19H,1-3,8-13H2. The Bertz CT molecular complexity index is 582. The smallest absolute Gasteiger partial charge is 0.226 e. The van der Waals surface area contributed by atoms with Crippen molar-refractivity contribution in [3.63, 3.8) is 0 Å². The number of alkyl halides is 1. The zero-order valence-electron chi connectivity index (χ0n) is 14.1. The van der Waals surface area contributed by atoms with Gasteiger partial charge in [-0.2, -0.15) is 0 Å². The minimum atomic E-state index is 0.191. The van der Waals surface area contributed by atoms with Gasteiger partial charge in [-0.05, 0) is 48.6 Å². The number of carbonyl (C=O) groups is 1. The molecule has 4 heteroatoms. The highest BCUT2D eigenvalue weighted by Gasteiger charge is 2.45. The third-order valence-corrected chi connectivity index (χ3v) is 6.27. The summed E-state index contributed by atoms with van der Waals surface area (Å²) in [5.74, 6) is 1.54. The first-order valence-corrected chi connectivity index (χ1v) is 9.76. The zero-order chi connectivity index (χ0) is 16.5. The van der Waals surface area contributed by atoms with Gasteiger partial charge in [-0.15, -0.1) is 11.6 Å². The Morgan fingerprint density at radius 1 is 1.04 bits per heavy atom. The maximum Gasteiger partial charge on any atom is 0.226 e. The number of benzene rings is 1. The van der Waals surface area contributed by atoms with E-state index in [2.05, 4.69) is 24.3 Å². The summed E-state index contributed by atoms with van der Waals surface area (Å²) in [5, 5.41) is 0.336. The Balaban J connectivity index is 1.36. The van der Waals surface area contributed by atoms with Crippen LogP contribution >= 0.6 is 11.6 Å². The number of hydrogen-bond acceptors (Lipinski definition) is 2. The molecule has 0 N–H and O–H groups in total. The number of nitrogens with zero attached hydrogens (tertiary/aromatic N) is 1. The molecule has 1 aromatic rings. The molecular formula is C20H26ClNO2. The fourth-order valence-corrected chi connectivity index (χ4v) is 4.67. The molecule has 1 heterocycles. The van der Waals surface area contributed by atoms with E-state index < -0.39 is 0 Å². The molecule has 1 aliphatic heterocycles. The monoisotopic (exact) mass is 347 g/mol. The predicted octanol–water partition coefficient (Wildman–Crippen LogP) is 3.91. The van der Waals surface area contributed by atoms with Gasteiger partial charge in [0.2, 0.25) is 5.91 Å². The van der Waals surface area contributed by atoms with E-state index in [4.69, 9.17) is 16.3 Å². The van der Waals surface area contributed by atoms with Crippen LogP contribution in [-0.4, -0.2) is 42.5 Å². The highest BCUT2D eigenvalue weighted by Crippen LogP contribution is 2.49. The summed E-state index contributed by atoms with van der Waals surface area (Å²) in [6.07, 6.45) is 5.75. The van der Waals surface area contributed by atoms with Crippen molar-refractivity contribution in [1.82, 2.24) is 4.90 Å². The van der Waals surface area contributed by atoms with Gasteiger partial charge in [0, 0.05) is 24.4 Å². The average Bonchev–Trinajstić information content (AvgIpc) is 3.43. The second kappa shape index (κ2) is 7.05. The Hall–Kier alpha value is -1.06. The second-order valence-electron chi connectivity index (χ2n) is 7.51. The first-order chi connectivity index (χ1) is 11.7. The molecule has 0 spiro atoms. The van der Waals surface area contributed by atoms with Gasteiger partial charge < -0.3 is 9.64 Å². The highest BCUT2D eigenvalue weighted by molar-refractivity contribution is 6.20. The number of rotatable bonds is 3. The van der Waals surface area contributed by atoms with Crippen LogP contribution in [0.15, 0.2) is 24.3 Å². The van der Waals surface area contributed by atoms with E-state index in [0.29, 0.717) is 36.3 Å². The Kier molecular flexibility index (Phi) is 4.82. The molecule has 1 aromatic carbocycles. The largest absolute Gasteiger partial charge is 0.378 e. The van der Waals surface area contributed by atoms with Gasteiger partial charge >= 0.3 is 0 Å². The summed E-state index contributed by atoms with van der Waals surface area (Å²) in [6.45, 7) is 2.87. The number of carbonyl (C=O) groups excluding carboxylic acids is 1. The van der Waals surface area contributed by atoms with Crippen LogP contribution in [0.1, 0.15) is 55.1 Å². The minimum absolute atomic E-state index is 0.191. The van der Waals surface area contributed by atoms with Crippen molar-refractivity contribution in [1.29, 1.82) is 0 Å². The van der Waals surface area contributed by atoms with Crippen LogP contribution in [0.25, 0.3) is 0 Å². The van der Waals surface area contributed by atoms with Gasteiger partial charge in [0.1, 0.15) is 0 Å². The zero-order valence-corrected chi connectivity index (χ0v) is 14.9. The molecule has 0 aromatic heterocycles. The molecule has 1 saturated heterocycles. The van der Waals surface area contributed by atoms with Crippen LogP contribution in [0.3, 0.4) is 0 Å². The second-order valence-corrected chi connectivity index (χ2v) is 8.13. The van der Waals surface area contributed by atoms with Crippen LogP contribution in [0.5, 0.6) is 0 Å². The van der Waals surface area contributed by atoms with Crippen LogP contribution in [0.2, 0.25) is 0 Å². The van der Waals surface area contributed by atoms with Gasteiger partial charge in [-0.25, -0.2) is 0 Å². The molecule has 2 saturated carbocycles. The first-order valence-electron chi connectivity index (χ1n) is 9.33. The van der Waals surface area contributed by atoms with Gasteiger partial charge in [0.05, 0.1) is 13.2 Å². The summed E-state index contributed by atoms with van der Waals surface area (Å²) in [5.41, 5.74) is 2.74. The van der Waals surface area contributed by atoms with Crippen molar-refractivity contribution in [2.75, 3.05) is 26.3 Å². The summed E-state index contributed by atoms with van der Waals surface area (Å²) >= 11 is 6.33. The molecule has 0 radical (unpaired) electrons. The normalized spacial score (nSPS) is 33.3. The fraction of sp³-hybridized carbons (Fsp3) is 0.650. The lowest BCUT2D eigenvalue weighted by molar-refractivity contribution is -0.136. The molecule has 3 aliphatic rings. The van der Waals surface area contributed by atoms with Crippen molar-refractivity contribution < 1.29 is 9.53 Å². The van der Waals surface area contributed by atoms with Crippen LogP contribution in [0, 0.1) is 5.92 Å². The SMILES string of the molecule is O=C(C1CC1c1ccc(C2CCCC(Cl)C2)cc1)N1CCOCC1. The van der Waals surface area contributed by atoms with E-state index in [1.165, 1.54) is 24.0 Å². The lowest BCUT2D eigenvalue weighted by Gasteiger charge is -2.27. The van der Waals surface area contributed by atoms with Crippen LogP contribution in [0.4, 0.5) is 0 Å². The van der Waals surface area contributed by atoms with E-state index in [9.17, 15) is 4.79 Å². The van der Waals surface area contributed by atoms with E-state index in [0.717, 1.165) is 32.4 Å². The minimum Gasteiger partial charge on any atom is -0.378 e. The summed E-state index contributed by atoms with van der Waals surface area (Å²) in [7, 11) is 0. The molecular weight excluding hydrogens is 322 g/mol. The molecule has 2 aliphatic carbocycles. The maximum absolute atomic E-state index is 12.6. The molecule has 3 nitrogen and oxygen atoms in total. The van der Waals surface area contributed by atoms with E-state index >= 15 is 0 Å². The van der Waals surface area contributed by atoms with Crippen molar-refractivity contribution in [3.05, 3.63) is 35.4 Å². The van der Waals surface area contributed by atoms with Crippen molar-refractivity contribution in [2.24, 2.45) is 5.92 Å². The van der Waals surface area contributed by atoms with Gasteiger partial charge in [0.15, 0.2) is 0 Å². The fourth-order valence-electron chi connectivity index (χ4n) is 4.30. The van der Waals surface area contributed by atoms with Crippen molar-refractivity contribution in [2.45, 2.75) is 49.3 Å². The third kappa shape index (κ3) is 3.48. The Morgan fingerprint density at radius 2 is 1.75 bits per heavy atom. The summed E-state index contributed by atoms with van der Waals surface area (Å²) in [4.78, 5) is 14.5. The molecule has 4 unspecified atom stereocenters. The molecule has 130 valence electrons. The summed E-state index contributed by atoms with van der Waals surface area (Å²) in [6, 6.07) is 9.02. The van der Waals surface area contributed by atoms with Crippen LogP contribution < -0.4 is 0 Å². The number of amides is 1. The number of hydrogen-bond donors (Lipinski definition) is 0. The third-order valence-electron chi connectivity index (χ3n) is 5.88. The Labute approximate surface area is 149 Å². The van der Waals surface area contributed by atoms with Gasteiger partial charge in [0.25, 0.3) is 0 Å². The highest BCUT2D eigenvalue weighted by atomic mass is 35.5. The van der Waals surface area contributed by atoms with Gasteiger partial charge in [-0.1, -0.05) is 30.7 Å². The van der Waals surface area contributed by atoms with E-state index in [1.54, 1.807) is 0 Å². The molecule has 0 bridgehead atoms. The summed E-state index contributed by atoms with van der Waals surface area (Å²) < 4.78 is 5.34.